The molecule has 1 aliphatic rings. The number of Topliss-reactive ketones (excluding diaryl/α,β-unsaturated/α-hetero) is 1. The molecular weight excluding hydrogens is 238 g/mol. The Bertz CT molecular complexity index is 470. The molecule has 2 rings (SSSR count). The molecule has 1 aliphatic heterocycles. The zero-order valence-corrected chi connectivity index (χ0v) is 12.3. The summed E-state index contributed by atoms with van der Waals surface area (Å²) in [5.74, 6) is 1.72. The second-order valence-corrected chi connectivity index (χ2v) is 5.70. The number of ketones is 1. The van der Waals surface area contributed by atoms with Crippen LogP contribution in [-0.2, 0) is 6.54 Å². The van der Waals surface area contributed by atoms with Gasteiger partial charge in [-0.2, -0.15) is 0 Å². The van der Waals surface area contributed by atoms with Gasteiger partial charge in [0.2, 0.25) is 0 Å². The lowest BCUT2D eigenvalue weighted by molar-refractivity contribution is 0.101. The number of benzene rings is 1. The summed E-state index contributed by atoms with van der Waals surface area (Å²) in [6.45, 7) is 8.14. The molecule has 1 fully saturated rings. The molecule has 104 valence electrons. The molecule has 0 aliphatic carbocycles. The standard InChI is InChI=1S/C16H23NO2/c1-11-7-12(2)17(9-11)10-15-8-14(13(3)18)5-6-16(15)19-4/h5-6,8,11-12H,7,9-10H2,1-4H3. The zero-order chi connectivity index (χ0) is 14.0. The number of carbonyl (C=O) groups excluding carboxylic acids is 1. The Hall–Kier alpha value is -1.35. The van der Waals surface area contributed by atoms with Gasteiger partial charge in [0, 0.05) is 30.3 Å². The molecule has 0 radical (unpaired) electrons. The van der Waals surface area contributed by atoms with Gasteiger partial charge in [0.25, 0.3) is 0 Å². The minimum atomic E-state index is 0.103. The van der Waals surface area contributed by atoms with Crippen molar-refractivity contribution < 1.29 is 9.53 Å². The van der Waals surface area contributed by atoms with Gasteiger partial charge in [-0.1, -0.05) is 6.92 Å². The van der Waals surface area contributed by atoms with Gasteiger partial charge in [-0.05, 0) is 44.4 Å². The molecule has 3 heteroatoms. The van der Waals surface area contributed by atoms with Gasteiger partial charge in [-0.15, -0.1) is 0 Å². The predicted molar refractivity (Wildman–Crippen MR) is 76.7 cm³/mol. The van der Waals surface area contributed by atoms with E-state index in [0.29, 0.717) is 6.04 Å². The van der Waals surface area contributed by atoms with Crippen LogP contribution in [0, 0.1) is 5.92 Å². The van der Waals surface area contributed by atoms with Crippen LogP contribution in [0.1, 0.15) is 43.1 Å². The van der Waals surface area contributed by atoms with Crippen LogP contribution in [-0.4, -0.2) is 30.4 Å². The molecule has 1 aromatic rings. The number of methoxy groups -OCH3 is 1. The third kappa shape index (κ3) is 3.16. The average Bonchev–Trinajstić information content (AvgIpc) is 2.67. The van der Waals surface area contributed by atoms with Crippen molar-refractivity contribution in [2.24, 2.45) is 5.92 Å². The molecule has 1 aromatic carbocycles. The van der Waals surface area contributed by atoms with Gasteiger partial charge < -0.3 is 4.74 Å². The maximum absolute atomic E-state index is 11.5. The van der Waals surface area contributed by atoms with Crippen LogP contribution in [0.15, 0.2) is 18.2 Å². The Morgan fingerprint density at radius 1 is 1.42 bits per heavy atom. The Morgan fingerprint density at radius 2 is 2.16 bits per heavy atom. The Balaban J connectivity index is 2.22. The number of rotatable bonds is 4. The zero-order valence-electron chi connectivity index (χ0n) is 12.3. The van der Waals surface area contributed by atoms with Gasteiger partial charge >= 0.3 is 0 Å². The fourth-order valence-electron chi connectivity index (χ4n) is 2.95. The summed E-state index contributed by atoms with van der Waals surface area (Å²) in [5.41, 5.74) is 1.87. The molecule has 0 saturated carbocycles. The number of likely N-dealkylation sites (tertiary alicyclic amines) is 1. The summed E-state index contributed by atoms with van der Waals surface area (Å²) in [5, 5.41) is 0. The SMILES string of the molecule is COc1ccc(C(C)=O)cc1CN1CC(C)CC1C. The largest absolute Gasteiger partial charge is 0.496 e. The molecule has 2 atom stereocenters. The van der Waals surface area contributed by atoms with Crippen molar-refractivity contribution in [1.82, 2.24) is 4.90 Å². The Labute approximate surface area is 115 Å². The first kappa shape index (κ1) is 14.1. The quantitative estimate of drug-likeness (QED) is 0.780. The summed E-state index contributed by atoms with van der Waals surface area (Å²) >= 11 is 0. The summed E-state index contributed by atoms with van der Waals surface area (Å²) in [6.07, 6.45) is 1.24. The van der Waals surface area contributed by atoms with Gasteiger partial charge in [-0.25, -0.2) is 0 Å². The highest BCUT2D eigenvalue weighted by atomic mass is 16.5. The second-order valence-electron chi connectivity index (χ2n) is 5.70. The summed E-state index contributed by atoms with van der Waals surface area (Å²) in [7, 11) is 1.68. The van der Waals surface area contributed by atoms with E-state index in [4.69, 9.17) is 4.74 Å². The molecule has 0 amide bonds. The second kappa shape index (κ2) is 5.74. The number of ether oxygens (including phenoxy) is 1. The number of carbonyl (C=O) groups is 1. The number of nitrogens with zero attached hydrogens (tertiary/aromatic N) is 1. The summed E-state index contributed by atoms with van der Waals surface area (Å²) in [6, 6.07) is 6.30. The molecule has 3 nitrogen and oxygen atoms in total. The molecule has 1 heterocycles. The third-order valence-electron chi connectivity index (χ3n) is 3.97. The van der Waals surface area contributed by atoms with Gasteiger partial charge in [0.1, 0.15) is 5.75 Å². The molecule has 0 aromatic heterocycles. The predicted octanol–water partition coefficient (Wildman–Crippen LogP) is 3.13. The average molecular weight is 261 g/mol. The van der Waals surface area contributed by atoms with E-state index in [0.717, 1.165) is 35.9 Å². The normalized spacial score (nSPS) is 23.6. The van der Waals surface area contributed by atoms with Crippen molar-refractivity contribution >= 4 is 5.78 Å². The third-order valence-corrected chi connectivity index (χ3v) is 3.97. The van der Waals surface area contributed by atoms with Crippen LogP contribution in [0.25, 0.3) is 0 Å². The smallest absolute Gasteiger partial charge is 0.159 e. The van der Waals surface area contributed by atoms with E-state index in [1.54, 1.807) is 14.0 Å². The Morgan fingerprint density at radius 3 is 2.68 bits per heavy atom. The molecule has 0 spiro atoms. The van der Waals surface area contributed by atoms with E-state index in [1.807, 2.05) is 18.2 Å². The molecular formula is C16H23NO2. The van der Waals surface area contributed by atoms with Gasteiger partial charge in [-0.3, -0.25) is 9.69 Å². The first-order valence-corrected chi connectivity index (χ1v) is 6.93. The van der Waals surface area contributed by atoms with Crippen LogP contribution < -0.4 is 4.74 Å². The van der Waals surface area contributed by atoms with E-state index in [9.17, 15) is 4.79 Å². The van der Waals surface area contributed by atoms with Crippen molar-refractivity contribution in [3.8, 4) is 5.75 Å². The number of hydrogen-bond acceptors (Lipinski definition) is 3. The first-order chi connectivity index (χ1) is 9.01. The molecule has 1 saturated heterocycles. The minimum Gasteiger partial charge on any atom is -0.496 e. The molecule has 0 bridgehead atoms. The fourth-order valence-corrected chi connectivity index (χ4v) is 2.95. The van der Waals surface area contributed by atoms with Gasteiger partial charge in [0.05, 0.1) is 7.11 Å². The van der Waals surface area contributed by atoms with Crippen LogP contribution in [0.4, 0.5) is 0 Å². The highest BCUT2D eigenvalue weighted by molar-refractivity contribution is 5.94. The van der Waals surface area contributed by atoms with E-state index in [2.05, 4.69) is 18.7 Å². The van der Waals surface area contributed by atoms with E-state index in [-0.39, 0.29) is 5.78 Å². The van der Waals surface area contributed by atoms with Crippen molar-refractivity contribution in [2.45, 2.75) is 39.8 Å². The summed E-state index contributed by atoms with van der Waals surface area (Å²) in [4.78, 5) is 14.0. The lowest BCUT2D eigenvalue weighted by Gasteiger charge is -2.22. The summed E-state index contributed by atoms with van der Waals surface area (Å²) < 4.78 is 5.41. The maximum atomic E-state index is 11.5. The monoisotopic (exact) mass is 261 g/mol. The highest BCUT2D eigenvalue weighted by Crippen LogP contribution is 2.28. The van der Waals surface area contributed by atoms with Crippen LogP contribution in [0.2, 0.25) is 0 Å². The Kier molecular flexibility index (Phi) is 4.25. The van der Waals surface area contributed by atoms with Crippen molar-refractivity contribution in [3.63, 3.8) is 0 Å². The van der Waals surface area contributed by atoms with Crippen molar-refractivity contribution in [2.75, 3.05) is 13.7 Å². The highest BCUT2D eigenvalue weighted by Gasteiger charge is 2.26. The van der Waals surface area contributed by atoms with Gasteiger partial charge in [0.15, 0.2) is 5.78 Å². The topological polar surface area (TPSA) is 29.5 Å². The van der Waals surface area contributed by atoms with Crippen molar-refractivity contribution in [1.29, 1.82) is 0 Å². The van der Waals surface area contributed by atoms with Crippen LogP contribution in [0.3, 0.4) is 0 Å². The van der Waals surface area contributed by atoms with E-state index in [1.165, 1.54) is 6.42 Å². The first-order valence-electron chi connectivity index (χ1n) is 6.93. The fraction of sp³-hybridized carbons (Fsp3) is 0.562. The molecule has 2 unspecified atom stereocenters. The molecule has 0 N–H and O–H groups in total. The number of hydrogen-bond donors (Lipinski definition) is 0. The maximum Gasteiger partial charge on any atom is 0.159 e. The van der Waals surface area contributed by atoms with Crippen LogP contribution in [0.5, 0.6) is 5.75 Å². The lowest BCUT2D eigenvalue weighted by Crippen LogP contribution is -2.26. The van der Waals surface area contributed by atoms with E-state index < -0.39 is 0 Å². The van der Waals surface area contributed by atoms with Crippen LogP contribution >= 0.6 is 0 Å². The van der Waals surface area contributed by atoms with E-state index >= 15 is 0 Å². The van der Waals surface area contributed by atoms with Crippen molar-refractivity contribution in [3.05, 3.63) is 29.3 Å². The minimum absolute atomic E-state index is 0.103. The molecule has 19 heavy (non-hydrogen) atoms. The lowest BCUT2D eigenvalue weighted by atomic mass is 10.1.